The Bertz CT molecular complexity index is 639. The maximum atomic E-state index is 12.2. The summed E-state index contributed by atoms with van der Waals surface area (Å²) in [5, 5.41) is 2.77. The molecule has 6 nitrogen and oxygen atoms in total. The highest BCUT2D eigenvalue weighted by Crippen LogP contribution is 2.16. The minimum absolute atomic E-state index is 0.230. The third-order valence-electron chi connectivity index (χ3n) is 3.72. The van der Waals surface area contributed by atoms with Crippen molar-refractivity contribution in [3.05, 3.63) is 42.7 Å². The predicted octanol–water partition coefficient (Wildman–Crippen LogP) is 2.48. The normalized spacial score (nSPS) is 15.3. The van der Waals surface area contributed by atoms with Crippen LogP contribution in [0.3, 0.4) is 0 Å². The van der Waals surface area contributed by atoms with Gasteiger partial charge in [0.25, 0.3) is 5.91 Å². The van der Waals surface area contributed by atoms with Crippen molar-refractivity contribution in [3.63, 3.8) is 0 Å². The van der Waals surface area contributed by atoms with Crippen molar-refractivity contribution in [2.45, 2.75) is 25.9 Å². The maximum absolute atomic E-state index is 12.2. The van der Waals surface area contributed by atoms with Gasteiger partial charge in [-0.25, -0.2) is 9.97 Å². The molecular weight excluding hydrogens is 292 g/mol. The fourth-order valence-corrected chi connectivity index (χ4v) is 2.47. The van der Waals surface area contributed by atoms with E-state index >= 15 is 0 Å². The van der Waals surface area contributed by atoms with E-state index in [1.165, 1.54) is 12.8 Å². The molecule has 1 fully saturated rings. The van der Waals surface area contributed by atoms with Crippen LogP contribution in [0.2, 0.25) is 0 Å². The molecule has 1 amide bonds. The van der Waals surface area contributed by atoms with Crippen LogP contribution in [0.1, 0.15) is 19.8 Å². The van der Waals surface area contributed by atoms with E-state index in [1.54, 1.807) is 19.3 Å². The second kappa shape index (κ2) is 7.09. The van der Waals surface area contributed by atoms with Crippen molar-refractivity contribution in [1.82, 2.24) is 9.97 Å². The van der Waals surface area contributed by atoms with E-state index in [1.807, 2.05) is 30.3 Å². The minimum atomic E-state index is -0.601. The summed E-state index contributed by atoms with van der Waals surface area (Å²) in [5.41, 5.74) is 0.571. The molecule has 0 saturated carbocycles. The van der Waals surface area contributed by atoms with Crippen LogP contribution < -0.4 is 15.0 Å². The Labute approximate surface area is 135 Å². The molecule has 0 spiro atoms. The smallest absolute Gasteiger partial charge is 0.265 e. The fraction of sp³-hybridized carbons (Fsp3) is 0.353. The molecule has 0 unspecified atom stereocenters. The number of nitrogens with one attached hydrogen (secondary N) is 1. The molecule has 2 heterocycles. The Kier molecular flexibility index (Phi) is 4.71. The Morgan fingerprint density at radius 3 is 2.48 bits per heavy atom. The van der Waals surface area contributed by atoms with E-state index in [-0.39, 0.29) is 5.91 Å². The average Bonchev–Trinajstić information content (AvgIpc) is 3.11. The minimum Gasteiger partial charge on any atom is -0.481 e. The lowest BCUT2D eigenvalue weighted by atomic mass is 10.3. The van der Waals surface area contributed by atoms with Crippen molar-refractivity contribution >= 4 is 17.5 Å². The average molecular weight is 312 g/mol. The summed E-state index contributed by atoms with van der Waals surface area (Å²) in [6.45, 7) is 3.70. The van der Waals surface area contributed by atoms with Crippen LogP contribution in [-0.4, -0.2) is 35.1 Å². The summed E-state index contributed by atoms with van der Waals surface area (Å²) < 4.78 is 5.59. The second-order valence-corrected chi connectivity index (χ2v) is 5.53. The number of carbonyl (C=O) groups is 1. The first-order valence-electron chi connectivity index (χ1n) is 7.82. The molecule has 1 saturated heterocycles. The predicted molar refractivity (Wildman–Crippen MR) is 88.6 cm³/mol. The van der Waals surface area contributed by atoms with Crippen LogP contribution in [0.25, 0.3) is 0 Å². The third-order valence-corrected chi connectivity index (χ3v) is 3.72. The summed E-state index contributed by atoms with van der Waals surface area (Å²) in [5.74, 6) is 1.15. The number of benzene rings is 1. The highest BCUT2D eigenvalue weighted by atomic mass is 16.5. The summed E-state index contributed by atoms with van der Waals surface area (Å²) in [6.07, 6.45) is 5.02. The number of hydrogen-bond acceptors (Lipinski definition) is 5. The zero-order valence-electron chi connectivity index (χ0n) is 13.1. The van der Waals surface area contributed by atoms with Gasteiger partial charge in [-0.3, -0.25) is 4.79 Å². The van der Waals surface area contributed by atoms with Gasteiger partial charge in [-0.2, -0.15) is 0 Å². The van der Waals surface area contributed by atoms with Gasteiger partial charge in [-0.05, 0) is 31.9 Å². The van der Waals surface area contributed by atoms with Gasteiger partial charge >= 0.3 is 0 Å². The Morgan fingerprint density at radius 1 is 1.17 bits per heavy atom. The molecule has 1 aromatic heterocycles. The number of anilines is 2. The van der Waals surface area contributed by atoms with Crippen molar-refractivity contribution in [3.8, 4) is 5.75 Å². The van der Waals surface area contributed by atoms with Crippen molar-refractivity contribution in [1.29, 1.82) is 0 Å². The third kappa shape index (κ3) is 3.97. The quantitative estimate of drug-likeness (QED) is 0.918. The molecule has 0 aliphatic carbocycles. The lowest BCUT2D eigenvalue weighted by molar-refractivity contribution is -0.122. The molecule has 1 aromatic carbocycles. The van der Waals surface area contributed by atoms with E-state index in [0.717, 1.165) is 13.1 Å². The Hall–Kier alpha value is -2.63. The first kappa shape index (κ1) is 15.3. The monoisotopic (exact) mass is 312 g/mol. The summed E-state index contributed by atoms with van der Waals surface area (Å²) >= 11 is 0. The summed E-state index contributed by atoms with van der Waals surface area (Å²) in [7, 11) is 0. The molecule has 23 heavy (non-hydrogen) atoms. The van der Waals surface area contributed by atoms with Gasteiger partial charge in [0.2, 0.25) is 5.95 Å². The van der Waals surface area contributed by atoms with Crippen LogP contribution in [0.15, 0.2) is 42.7 Å². The Morgan fingerprint density at radius 2 is 1.83 bits per heavy atom. The van der Waals surface area contributed by atoms with Gasteiger partial charge in [0.15, 0.2) is 6.10 Å². The van der Waals surface area contributed by atoms with Crippen LogP contribution in [0.4, 0.5) is 11.6 Å². The zero-order chi connectivity index (χ0) is 16.1. The molecule has 1 N–H and O–H groups in total. The number of nitrogens with zero attached hydrogens (tertiary/aromatic N) is 3. The van der Waals surface area contributed by atoms with Gasteiger partial charge in [0.05, 0.1) is 18.1 Å². The first-order chi connectivity index (χ1) is 11.2. The topological polar surface area (TPSA) is 67.3 Å². The molecule has 0 radical (unpaired) electrons. The molecule has 1 aliphatic rings. The first-order valence-corrected chi connectivity index (χ1v) is 7.82. The summed E-state index contributed by atoms with van der Waals surface area (Å²) in [4.78, 5) is 22.9. The number of aromatic nitrogens is 2. The van der Waals surface area contributed by atoms with Crippen LogP contribution >= 0.6 is 0 Å². The van der Waals surface area contributed by atoms with Gasteiger partial charge in [-0.15, -0.1) is 0 Å². The van der Waals surface area contributed by atoms with E-state index in [9.17, 15) is 4.79 Å². The number of ether oxygens (including phenoxy) is 1. The number of para-hydroxylation sites is 1. The highest BCUT2D eigenvalue weighted by molar-refractivity contribution is 5.93. The van der Waals surface area contributed by atoms with Crippen molar-refractivity contribution < 1.29 is 9.53 Å². The molecule has 120 valence electrons. The number of amides is 1. The molecule has 0 bridgehead atoms. The van der Waals surface area contributed by atoms with Crippen LogP contribution in [0.5, 0.6) is 5.75 Å². The molecule has 1 atom stereocenters. The van der Waals surface area contributed by atoms with E-state index < -0.39 is 6.10 Å². The van der Waals surface area contributed by atoms with Gasteiger partial charge < -0.3 is 15.0 Å². The molecule has 6 heteroatoms. The second-order valence-electron chi connectivity index (χ2n) is 5.53. The number of hydrogen-bond donors (Lipinski definition) is 1. The van der Waals surface area contributed by atoms with E-state index in [0.29, 0.717) is 17.4 Å². The number of carbonyl (C=O) groups excluding carboxylic acids is 1. The fourth-order valence-electron chi connectivity index (χ4n) is 2.47. The van der Waals surface area contributed by atoms with Crippen LogP contribution in [0, 0.1) is 0 Å². The van der Waals surface area contributed by atoms with Crippen molar-refractivity contribution in [2.24, 2.45) is 0 Å². The van der Waals surface area contributed by atoms with Crippen LogP contribution in [-0.2, 0) is 4.79 Å². The zero-order valence-corrected chi connectivity index (χ0v) is 13.1. The molecule has 1 aliphatic heterocycles. The maximum Gasteiger partial charge on any atom is 0.265 e. The lowest BCUT2D eigenvalue weighted by Gasteiger charge is -2.16. The Balaban J connectivity index is 1.56. The molecular formula is C17H20N4O2. The standard InChI is InChI=1S/C17H20N4O2/c1-13(23-15-7-3-2-4-8-15)16(22)20-14-11-18-17(19-12-14)21-9-5-6-10-21/h2-4,7-8,11-13H,5-6,9-10H2,1H3,(H,20,22)/t13-/m1/s1. The molecule has 3 rings (SSSR count). The highest BCUT2D eigenvalue weighted by Gasteiger charge is 2.17. The number of rotatable bonds is 5. The lowest BCUT2D eigenvalue weighted by Crippen LogP contribution is -2.30. The van der Waals surface area contributed by atoms with Gasteiger partial charge in [-0.1, -0.05) is 18.2 Å². The summed E-state index contributed by atoms with van der Waals surface area (Å²) in [6, 6.07) is 9.27. The molecule has 2 aromatic rings. The largest absolute Gasteiger partial charge is 0.481 e. The van der Waals surface area contributed by atoms with E-state index in [2.05, 4.69) is 20.2 Å². The van der Waals surface area contributed by atoms with Crippen molar-refractivity contribution in [2.75, 3.05) is 23.3 Å². The van der Waals surface area contributed by atoms with Gasteiger partial charge in [0, 0.05) is 13.1 Å². The SMILES string of the molecule is C[C@@H](Oc1ccccc1)C(=O)Nc1cnc(N2CCCC2)nc1. The van der Waals surface area contributed by atoms with Gasteiger partial charge in [0.1, 0.15) is 5.75 Å². The van der Waals surface area contributed by atoms with E-state index in [4.69, 9.17) is 4.74 Å².